The number of primary amides is 1. The van der Waals surface area contributed by atoms with Crippen molar-refractivity contribution in [1.29, 1.82) is 0 Å². The van der Waals surface area contributed by atoms with Gasteiger partial charge in [-0.2, -0.15) is 0 Å². The molecule has 0 atom stereocenters. The van der Waals surface area contributed by atoms with Gasteiger partial charge in [-0.1, -0.05) is 12.1 Å². The van der Waals surface area contributed by atoms with E-state index >= 15 is 0 Å². The number of urea groups is 1. The van der Waals surface area contributed by atoms with Crippen molar-refractivity contribution in [3.63, 3.8) is 0 Å². The van der Waals surface area contributed by atoms with Crippen molar-refractivity contribution in [1.82, 2.24) is 5.32 Å². The molecule has 0 saturated carbocycles. The summed E-state index contributed by atoms with van der Waals surface area (Å²) >= 11 is 2.05. The van der Waals surface area contributed by atoms with E-state index in [2.05, 4.69) is 22.6 Å². The standard InChI is InChI=1S/C9H9IN2O2/c1-5-3-2-4-6(7(5)10)8(13)12-9(11)14/h2-4H,1H3,(H3,11,12,13,14). The fourth-order valence-electron chi connectivity index (χ4n) is 1.00. The molecule has 0 spiro atoms. The van der Waals surface area contributed by atoms with Gasteiger partial charge >= 0.3 is 6.03 Å². The topological polar surface area (TPSA) is 72.2 Å². The van der Waals surface area contributed by atoms with Crippen molar-refractivity contribution in [3.8, 4) is 0 Å². The Balaban J connectivity index is 3.01. The Hall–Kier alpha value is -1.11. The zero-order chi connectivity index (χ0) is 10.7. The van der Waals surface area contributed by atoms with Crippen LogP contribution in [0.15, 0.2) is 18.2 Å². The first kappa shape index (κ1) is 11.0. The molecule has 0 bridgehead atoms. The summed E-state index contributed by atoms with van der Waals surface area (Å²) in [6, 6.07) is 4.45. The number of rotatable bonds is 1. The molecule has 0 unspecified atom stereocenters. The first-order chi connectivity index (χ1) is 6.52. The van der Waals surface area contributed by atoms with E-state index in [0.29, 0.717) is 5.56 Å². The summed E-state index contributed by atoms with van der Waals surface area (Å²) in [6.07, 6.45) is 0. The number of amides is 3. The van der Waals surface area contributed by atoms with Gasteiger partial charge in [0.15, 0.2) is 0 Å². The molecule has 0 aromatic heterocycles. The van der Waals surface area contributed by atoms with E-state index in [0.717, 1.165) is 9.13 Å². The number of nitrogens with two attached hydrogens (primary N) is 1. The number of carbonyl (C=O) groups is 2. The van der Waals surface area contributed by atoms with Crippen LogP contribution in [0.4, 0.5) is 4.79 Å². The van der Waals surface area contributed by atoms with Crippen molar-refractivity contribution in [3.05, 3.63) is 32.9 Å². The second-order valence-electron chi connectivity index (χ2n) is 2.75. The molecule has 3 amide bonds. The van der Waals surface area contributed by atoms with Crippen LogP contribution >= 0.6 is 22.6 Å². The fourth-order valence-corrected chi connectivity index (χ4v) is 1.61. The number of halogens is 1. The van der Waals surface area contributed by atoms with Crippen LogP contribution in [-0.2, 0) is 0 Å². The minimum atomic E-state index is -0.840. The number of carbonyl (C=O) groups excluding carboxylic acids is 2. The van der Waals surface area contributed by atoms with Crippen molar-refractivity contribution in [2.75, 3.05) is 0 Å². The first-order valence-electron chi connectivity index (χ1n) is 3.88. The third-order valence-corrected chi connectivity index (χ3v) is 3.11. The lowest BCUT2D eigenvalue weighted by Gasteiger charge is -2.05. The number of hydrogen-bond donors (Lipinski definition) is 2. The summed E-state index contributed by atoms with van der Waals surface area (Å²) in [5.74, 6) is -0.467. The van der Waals surface area contributed by atoms with Gasteiger partial charge in [0.05, 0.1) is 5.56 Å². The van der Waals surface area contributed by atoms with Crippen LogP contribution in [-0.4, -0.2) is 11.9 Å². The summed E-state index contributed by atoms with van der Waals surface area (Å²) in [4.78, 5) is 21.9. The quantitative estimate of drug-likeness (QED) is 0.770. The lowest BCUT2D eigenvalue weighted by molar-refractivity contribution is 0.0965. The molecule has 5 heteroatoms. The second kappa shape index (κ2) is 4.41. The molecule has 0 aliphatic carbocycles. The predicted molar refractivity (Wildman–Crippen MR) is 60.9 cm³/mol. The number of hydrogen-bond acceptors (Lipinski definition) is 2. The highest BCUT2D eigenvalue weighted by Gasteiger charge is 2.11. The average Bonchev–Trinajstić information content (AvgIpc) is 2.08. The molecular formula is C9H9IN2O2. The molecular weight excluding hydrogens is 295 g/mol. The summed E-state index contributed by atoms with van der Waals surface area (Å²) in [7, 11) is 0. The molecule has 1 aromatic rings. The Bertz CT molecular complexity index is 390. The highest BCUT2D eigenvalue weighted by Crippen LogP contribution is 2.16. The predicted octanol–water partition coefficient (Wildman–Crippen LogP) is 1.41. The van der Waals surface area contributed by atoms with Gasteiger partial charge in [0.2, 0.25) is 0 Å². The van der Waals surface area contributed by atoms with Crippen molar-refractivity contribution in [2.24, 2.45) is 5.73 Å². The zero-order valence-corrected chi connectivity index (χ0v) is 9.66. The molecule has 1 aromatic carbocycles. The second-order valence-corrected chi connectivity index (χ2v) is 3.83. The summed E-state index contributed by atoms with van der Waals surface area (Å²) < 4.78 is 0.823. The molecule has 3 N–H and O–H groups in total. The van der Waals surface area contributed by atoms with E-state index in [-0.39, 0.29) is 0 Å². The van der Waals surface area contributed by atoms with Crippen LogP contribution in [0.2, 0.25) is 0 Å². The van der Waals surface area contributed by atoms with Crippen molar-refractivity contribution < 1.29 is 9.59 Å². The minimum Gasteiger partial charge on any atom is -0.351 e. The first-order valence-corrected chi connectivity index (χ1v) is 4.96. The zero-order valence-electron chi connectivity index (χ0n) is 7.50. The number of imide groups is 1. The lowest BCUT2D eigenvalue weighted by Crippen LogP contribution is -2.35. The summed E-state index contributed by atoms with van der Waals surface area (Å²) in [5.41, 5.74) is 6.30. The van der Waals surface area contributed by atoms with E-state index in [4.69, 9.17) is 5.73 Å². The average molecular weight is 304 g/mol. The van der Waals surface area contributed by atoms with E-state index in [1.165, 1.54) is 0 Å². The van der Waals surface area contributed by atoms with Gasteiger partial charge in [-0.25, -0.2) is 4.79 Å². The van der Waals surface area contributed by atoms with Gasteiger partial charge in [-0.15, -0.1) is 0 Å². The molecule has 0 heterocycles. The van der Waals surface area contributed by atoms with Gasteiger partial charge in [-0.05, 0) is 41.1 Å². The van der Waals surface area contributed by atoms with Gasteiger partial charge in [0, 0.05) is 3.57 Å². The number of aryl methyl sites for hydroxylation is 1. The Kier molecular flexibility index (Phi) is 3.45. The third-order valence-electron chi connectivity index (χ3n) is 1.67. The molecule has 14 heavy (non-hydrogen) atoms. The molecule has 4 nitrogen and oxygen atoms in total. The maximum atomic E-state index is 11.4. The van der Waals surface area contributed by atoms with E-state index in [1.807, 2.05) is 18.3 Å². The van der Waals surface area contributed by atoms with Crippen LogP contribution in [0.1, 0.15) is 15.9 Å². The van der Waals surface area contributed by atoms with Gasteiger partial charge in [-0.3, -0.25) is 10.1 Å². The number of benzene rings is 1. The smallest absolute Gasteiger partial charge is 0.319 e. The fraction of sp³-hybridized carbons (Fsp3) is 0.111. The van der Waals surface area contributed by atoms with E-state index in [1.54, 1.807) is 12.1 Å². The third kappa shape index (κ3) is 2.44. The molecule has 0 fully saturated rings. The lowest BCUT2D eigenvalue weighted by atomic mass is 10.1. The SMILES string of the molecule is Cc1cccc(C(=O)NC(N)=O)c1I. The van der Waals surface area contributed by atoms with Crippen molar-refractivity contribution in [2.45, 2.75) is 6.92 Å². The molecule has 74 valence electrons. The normalized spacial score (nSPS) is 9.57. The number of nitrogens with one attached hydrogen (secondary N) is 1. The van der Waals surface area contributed by atoms with E-state index < -0.39 is 11.9 Å². The molecule has 0 saturated heterocycles. The maximum absolute atomic E-state index is 11.4. The largest absolute Gasteiger partial charge is 0.351 e. The van der Waals surface area contributed by atoms with Crippen LogP contribution in [0.5, 0.6) is 0 Å². The maximum Gasteiger partial charge on any atom is 0.319 e. The van der Waals surface area contributed by atoms with Crippen LogP contribution < -0.4 is 11.1 Å². The van der Waals surface area contributed by atoms with Gasteiger partial charge in [0.25, 0.3) is 5.91 Å². The Morgan fingerprint density at radius 2 is 2.07 bits per heavy atom. The van der Waals surface area contributed by atoms with Crippen molar-refractivity contribution >= 4 is 34.5 Å². The highest BCUT2D eigenvalue weighted by molar-refractivity contribution is 14.1. The molecule has 0 radical (unpaired) electrons. The Morgan fingerprint density at radius 3 is 2.64 bits per heavy atom. The van der Waals surface area contributed by atoms with Crippen LogP contribution in [0, 0.1) is 10.5 Å². The summed E-state index contributed by atoms with van der Waals surface area (Å²) in [6.45, 7) is 1.89. The summed E-state index contributed by atoms with van der Waals surface area (Å²) in [5, 5.41) is 2.02. The molecule has 0 aliphatic rings. The Labute approximate surface area is 95.0 Å². The Morgan fingerprint density at radius 1 is 1.43 bits per heavy atom. The van der Waals surface area contributed by atoms with Crippen LogP contribution in [0.3, 0.4) is 0 Å². The molecule has 1 rings (SSSR count). The minimum absolute atomic E-state index is 0.462. The monoisotopic (exact) mass is 304 g/mol. The molecule has 0 aliphatic heterocycles. The highest BCUT2D eigenvalue weighted by atomic mass is 127. The van der Waals surface area contributed by atoms with Gasteiger partial charge < -0.3 is 5.73 Å². The van der Waals surface area contributed by atoms with Crippen LogP contribution in [0.25, 0.3) is 0 Å². The van der Waals surface area contributed by atoms with E-state index in [9.17, 15) is 9.59 Å². The van der Waals surface area contributed by atoms with Gasteiger partial charge in [0.1, 0.15) is 0 Å².